The first-order valence-electron chi connectivity index (χ1n) is 16.8. The maximum Gasteiger partial charge on any atom is 0.136 e. The van der Waals surface area contributed by atoms with Gasteiger partial charge in [-0.25, -0.2) is 0 Å². The summed E-state index contributed by atoms with van der Waals surface area (Å²) in [5, 5.41) is 12.3. The van der Waals surface area contributed by atoms with E-state index in [4.69, 9.17) is 17.7 Å². The maximum absolute atomic E-state index is 6.47. The summed E-state index contributed by atoms with van der Waals surface area (Å²) in [5.41, 5.74) is 10.7. The molecule has 4 nitrogen and oxygen atoms in total. The number of rotatable bonds is 2. The van der Waals surface area contributed by atoms with Crippen LogP contribution < -0.4 is 0 Å². The SMILES string of the molecule is c1ccc2c(c1)oc1ccc3oc4ccc(-c5c6ccccc6c(-c6cccc7oc8ccc9occc9c8c67)c6ccccc56)cc4c3c12. The van der Waals surface area contributed by atoms with E-state index in [1.54, 1.807) is 6.26 Å². The summed E-state index contributed by atoms with van der Waals surface area (Å²) >= 11 is 0. The van der Waals surface area contributed by atoms with Gasteiger partial charge in [0, 0.05) is 37.7 Å². The Balaban J connectivity index is 1.20. The highest BCUT2D eigenvalue weighted by atomic mass is 16.3. The molecule has 0 aliphatic carbocycles. The molecule has 0 amide bonds. The van der Waals surface area contributed by atoms with Crippen molar-refractivity contribution in [3.05, 3.63) is 146 Å². The molecular formula is C46H24O4. The highest BCUT2D eigenvalue weighted by Gasteiger charge is 2.23. The zero-order chi connectivity index (χ0) is 32.5. The molecule has 0 radical (unpaired) electrons. The third-order valence-corrected chi connectivity index (χ3v) is 10.6. The maximum atomic E-state index is 6.47. The summed E-state index contributed by atoms with van der Waals surface area (Å²) in [5.74, 6) is 0. The smallest absolute Gasteiger partial charge is 0.136 e. The second-order valence-electron chi connectivity index (χ2n) is 13.1. The molecule has 4 aromatic heterocycles. The molecule has 4 heterocycles. The topological polar surface area (TPSA) is 52.6 Å². The Morgan fingerprint density at radius 3 is 1.50 bits per heavy atom. The van der Waals surface area contributed by atoms with Crippen LogP contribution in [0.25, 0.3) is 121 Å². The van der Waals surface area contributed by atoms with Gasteiger partial charge in [0.05, 0.1) is 6.26 Å². The summed E-state index contributed by atoms with van der Waals surface area (Å²) in [6, 6.07) is 48.9. The van der Waals surface area contributed by atoms with Crippen LogP contribution in [0.1, 0.15) is 0 Å². The molecule has 0 saturated heterocycles. The Kier molecular flexibility index (Phi) is 4.94. The molecule has 0 atom stereocenters. The van der Waals surface area contributed by atoms with E-state index in [2.05, 4.69) is 97.1 Å². The highest BCUT2D eigenvalue weighted by molar-refractivity contribution is 6.30. The minimum atomic E-state index is 0.850. The molecule has 4 heteroatoms. The van der Waals surface area contributed by atoms with Gasteiger partial charge in [0.25, 0.3) is 0 Å². The summed E-state index contributed by atoms with van der Waals surface area (Å²) < 4.78 is 25.0. The molecule has 0 spiro atoms. The van der Waals surface area contributed by atoms with Crippen molar-refractivity contribution in [2.45, 2.75) is 0 Å². The van der Waals surface area contributed by atoms with Gasteiger partial charge in [-0.15, -0.1) is 0 Å². The highest BCUT2D eigenvalue weighted by Crippen LogP contribution is 2.49. The van der Waals surface area contributed by atoms with Gasteiger partial charge in [0.2, 0.25) is 0 Å². The van der Waals surface area contributed by atoms with Gasteiger partial charge < -0.3 is 17.7 Å². The predicted octanol–water partition coefficient (Wildman–Crippen LogP) is 13.8. The summed E-state index contributed by atoms with van der Waals surface area (Å²) in [4.78, 5) is 0. The van der Waals surface area contributed by atoms with Crippen LogP contribution in [0.4, 0.5) is 0 Å². The number of benzene rings is 8. The molecule has 0 aliphatic rings. The van der Waals surface area contributed by atoms with Gasteiger partial charge in [-0.3, -0.25) is 0 Å². The van der Waals surface area contributed by atoms with Crippen LogP contribution in [0, 0.1) is 0 Å². The first-order chi connectivity index (χ1) is 24.8. The fourth-order valence-corrected chi connectivity index (χ4v) is 8.54. The summed E-state index contributed by atoms with van der Waals surface area (Å²) in [6.07, 6.45) is 1.76. The fourth-order valence-electron chi connectivity index (χ4n) is 8.54. The zero-order valence-electron chi connectivity index (χ0n) is 26.5. The Morgan fingerprint density at radius 2 is 0.780 bits per heavy atom. The molecule has 0 N–H and O–H groups in total. The Bertz CT molecular complexity index is 3330. The van der Waals surface area contributed by atoms with Crippen LogP contribution >= 0.6 is 0 Å². The monoisotopic (exact) mass is 640 g/mol. The molecule has 8 aromatic carbocycles. The molecule has 12 aromatic rings. The van der Waals surface area contributed by atoms with Gasteiger partial charge in [0.15, 0.2) is 0 Å². The van der Waals surface area contributed by atoms with E-state index in [0.717, 1.165) is 87.9 Å². The van der Waals surface area contributed by atoms with Gasteiger partial charge >= 0.3 is 0 Å². The normalized spacial score (nSPS) is 12.4. The fraction of sp³-hybridized carbons (Fsp3) is 0. The van der Waals surface area contributed by atoms with Crippen molar-refractivity contribution in [3.63, 3.8) is 0 Å². The Hall–Kier alpha value is -6.78. The van der Waals surface area contributed by atoms with Crippen molar-refractivity contribution in [2.24, 2.45) is 0 Å². The minimum Gasteiger partial charge on any atom is -0.464 e. The third kappa shape index (κ3) is 3.34. The Labute approximate surface area is 283 Å². The van der Waals surface area contributed by atoms with Gasteiger partial charge in [-0.2, -0.15) is 0 Å². The summed E-state index contributed by atoms with van der Waals surface area (Å²) in [6.45, 7) is 0. The second-order valence-corrected chi connectivity index (χ2v) is 13.1. The number of para-hydroxylation sites is 1. The van der Waals surface area contributed by atoms with Crippen molar-refractivity contribution in [1.82, 2.24) is 0 Å². The number of hydrogen-bond donors (Lipinski definition) is 0. The quantitative estimate of drug-likeness (QED) is 0.176. The largest absolute Gasteiger partial charge is 0.464 e. The third-order valence-electron chi connectivity index (χ3n) is 10.6. The van der Waals surface area contributed by atoms with Crippen molar-refractivity contribution < 1.29 is 17.7 Å². The molecule has 12 rings (SSSR count). The molecule has 0 aliphatic heterocycles. The average Bonchev–Trinajstić information content (AvgIpc) is 3.95. The van der Waals surface area contributed by atoms with E-state index in [-0.39, 0.29) is 0 Å². The molecule has 0 bridgehead atoms. The molecule has 232 valence electrons. The van der Waals surface area contributed by atoms with Crippen LogP contribution in [0.2, 0.25) is 0 Å². The van der Waals surface area contributed by atoms with Gasteiger partial charge in [-0.1, -0.05) is 84.9 Å². The van der Waals surface area contributed by atoms with Crippen LogP contribution in [0.5, 0.6) is 0 Å². The lowest BCUT2D eigenvalue weighted by Crippen LogP contribution is -1.91. The first-order valence-corrected chi connectivity index (χ1v) is 16.8. The van der Waals surface area contributed by atoms with Crippen LogP contribution in [0.3, 0.4) is 0 Å². The number of hydrogen-bond acceptors (Lipinski definition) is 4. The molecule has 0 saturated carbocycles. The van der Waals surface area contributed by atoms with E-state index >= 15 is 0 Å². The lowest BCUT2D eigenvalue weighted by Gasteiger charge is -2.18. The summed E-state index contributed by atoms with van der Waals surface area (Å²) in [7, 11) is 0. The molecular weight excluding hydrogens is 617 g/mol. The van der Waals surface area contributed by atoms with Crippen molar-refractivity contribution in [3.8, 4) is 22.3 Å². The van der Waals surface area contributed by atoms with E-state index in [9.17, 15) is 0 Å². The van der Waals surface area contributed by atoms with Crippen LogP contribution in [-0.4, -0.2) is 0 Å². The van der Waals surface area contributed by atoms with Crippen molar-refractivity contribution in [2.75, 3.05) is 0 Å². The van der Waals surface area contributed by atoms with Crippen LogP contribution in [-0.2, 0) is 0 Å². The molecule has 0 fully saturated rings. The van der Waals surface area contributed by atoms with Gasteiger partial charge in [0.1, 0.15) is 39.1 Å². The Morgan fingerprint density at radius 1 is 0.300 bits per heavy atom. The lowest BCUT2D eigenvalue weighted by molar-refractivity contribution is 0.615. The molecule has 50 heavy (non-hydrogen) atoms. The molecule has 0 unspecified atom stereocenters. The number of fused-ring (bicyclic) bond motifs is 14. The van der Waals surface area contributed by atoms with Crippen molar-refractivity contribution in [1.29, 1.82) is 0 Å². The van der Waals surface area contributed by atoms with Crippen molar-refractivity contribution >= 4 is 98.3 Å². The standard InChI is InChI=1S/C46H24O4/c1-3-10-28-26(8-1)41(25-16-17-36-33(24-25)46-40(49-36)21-20-38-43(46)30-12-5-6-14-35(30)48-38)27-9-2-4-11-29(27)42(28)32-13-7-15-37-45(32)44-31-22-23-47-34(31)18-19-39(44)50-37/h1-24H. The van der Waals surface area contributed by atoms with Gasteiger partial charge in [-0.05, 0) is 98.4 Å². The van der Waals surface area contributed by atoms with E-state index in [1.165, 1.54) is 32.7 Å². The van der Waals surface area contributed by atoms with E-state index in [0.29, 0.717) is 0 Å². The van der Waals surface area contributed by atoms with E-state index in [1.807, 2.05) is 42.5 Å². The number of furan rings is 4. The zero-order valence-corrected chi connectivity index (χ0v) is 26.5. The second kappa shape index (κ2) is 9.43. The minimum absolute atomic E-state index is 0.850. The van der Waals surface area contributed by atoms with E-state index < -0.39 is 0 Å². The lowest BCUT2D eigenvalue weighted by atomic mass is 9.84. The first kappa shape index (κ1) is 26.2. The average molecular weight is 641 g/mol. The predicted molar refractivity (Wildman–Crippen MR) is 204 cm³/mol. The van der Waals surface area contributed by atoms with Crippen LogP contribution in [0.15, 0.2) is 163 Å².